The first-order valence-electron chi connectivity index (χ1n) is 9.66. The maximum absolute atomic E-state index is 12.7. The Hall–Kier alpha value is -3.61. The first-order valence-corrected chi connectivity index (χ1v) is 9.66. The van der Waals surface area contributed by atoms with Crippen LogP contribution in [-0.4, -0.2) is 35.3 Å². The summed E-state index contributed by atoms with van der Waals surface area (Å²) in [6.45, 7) is 0.141. The van der Waals surface area contributed by atoms with E-state index in [9.17, 15) is 9.59 Å². The summed E-state index contributed by atoms with van der Waals surface area (Å²) in [5, 5.41) is 9.03. The van der Waals surface area contributed by atoms with Gasteiger partial charge in [0.2, 0.25) is 5.91 Å². The molecule has 2 heterocycles. The van der Waals surface area contributed by atoms with Crippen LogP contribution in [-0.2, 0) is 11.2 Å². The third-order valence-electron chi connectivity index (χ3n) is 4.99. The van der Waals surface area contributed by atoms with Gasteiger partial charge in [-0.3, -0.25) is 9.59 Å². The SMILES string of the molecule is CNC(=O)CNc1cc(-c2[nH]c3c(c2Nc2ccccc2)C(=O)CCC3)ccn1. The number of carbonyl (C=O) groups is 2. The number of rotatable bonds is 6. The molecule has 7 heteroatoms. The molecular weight excluding hydrogens is 366 g/mol. The van der Waals surface area contributed by atoms with Crippen molar-refractivity contribution in [2.45, 2.75) is 19.3 Å². The van der Waals surface area contributed by atoms with Crippen LogP contribution in [0.25, 0.3) is 11.3 Å². The molecule has 0 aliphatic heterocycles. The van der Waals surface area contributed by atoms with Crippen LogP contribution in [0.3, 0.4) is 0 Å². The van der Waals surface area contributed by atoms with Gasteiger partial charge in [0.05, 0.1) is 23.5 Å². The number of H-pyrrole nitrogens is 1. The van der Waals surface area contributed by atoms with Crippen molar-refractivity contribution in [3.63, 3.8) is 0 Å². The average Bonchev–Trinajstić information content (AvgIpc) is 3.12. The number of nitrogens with zero attached hydrogens (tertiary/aromatic N) is 1. The number of nitrogens with one attached hydrogen (secondary N) is 4. The molecule has 4 N–H and O–H groups in total. The van der Waals surface area contributed by atoms with E-state index >= 15 is 0 Å². The number of hydrogen-bond donors (Lipinski definition) is 4. The van der Waals surface area contributed by atoms with Crippen molar-refractivity contribution >= 4 is 28.9 Å². The summed E-state index contributed by atoms with van der Waals surface area (Å²) >= 11 is 0. The normalized spacial score (nSPS) is 12.9. The fraction of sp³-hybridized carbons (Fsp3) is 0.227. The number of Topliss-reactive ketones (excluding diaryl/α,β-unsaturated/α-hetero) is 1. The van der Waals surface area contributed by atoms with Crippen LogP contribution < -0.4 is 16.0 Å². The maximum Gasteiger partial charge on any atom is 0.239 e. The van der Waals surface area contributed by atoms with Gasteiger partial charge in [-0.1, -0.05) is 18.2 Å². The lowest BCUT2D eigenvalue weighted by Crippen LogP contribution is -2.26. The monoisotopic (exact) mass is 389 g/mol. The number of ketones is 1. The van der Waals surface area contributed by atoms with Gasteiger partial charge in [-0.15, -0.1) is 0 Å². The summed E-state index contributed by atoms with van der Waals surface area (Å²) in [4.78, 5) is 31.9. The van der Waals surface area contributed by atoms with Crippen molar-refractivity contribution in [2.75, 3.05) is 24.2 Å². The highest BCUT2D eigenvalue weighted by atomic mass is 16.1. The molecule has 0 spiro atoms. The van der Waals surface area contributed by atoms with Gasteiger partial charge in [0, 0.05) is 36.6 Å². The Morgan fingerprint density at radius 2 is 2.00 bits per heavy atom. The predicted octanol–water partition coefficient (Wildman–Crippen LogP) is 3.50. The van der Waals surface area contributed by atoms with Crippen LogP contribution >= 0.6 is 0 Å². The van der Waals surface area contributed by atoms with Crippen molar-refractivity contribution in [3.8, 4) is 11.3 Å². The number of fused-ring (bicyclic) bond motifs is 1. The highest BCUT2D eigenvalue weighted by Crippen LogP contribution is 2.39. The van der Waals surface area contributed by atoms with E-state index in [-0.39, 0.29) is 18.2 Å². The molecule has 0 radical (unpaired) electrons. The van der Waals surface area contributed by atoms with Crippen molar-refractivity contribution in [2.24, 2.45) is 0 Å². The topological polar surface area (TPSA) is 98.9 Å². The van der Waals surface area contributed by atoms with Gasteiger partial charge in [-0.2, -0.15) is 0 Å². The van der Waals surface area contributed by atoms with E-state index in [2.05, 4.69) is 25.9 Å². The van der Waals surface area contributed by atoms with Gasteiger partial charge in [-0.25, -0.2) is 4.98 Å². The number of amides is 1. The fourth-order valence-corrected chi connectivity index (χ4v) is 3.55. The van der Waals surface area contributed by atoms with Gasteiger partial charge in [-0.05, 0) is 37.1 Å². The second-order valence-electron chi connectivity index (χ2n) is 6.95. The molecule has 0 atom stereocenters. The number of carbonyl (C=O) groups excluding carboxylic acids is 2. The lowest BCUT2D eigenvalue weighted by atomic mass is 9.95. The van der Waals surface area contributed by atoms with E-state index < -0.39 is 0 Å². The molecule has 1 aliphatic carbocycles. The maximum atomic E-state index is 12.7. The fourth-order valence-electron chi connectivity index (χ4n) is 3.55. The third-order valence-corrected chi connectivity index (χ3v) is 4.99. The minimum Gasteiger partial charge on any atom is -0.361 e. The van der Waals surface area contributed by atoms with E-state index in [0.29, 0.717) is 12.2 Å². The Labute approximate surface area is 168 Å². The van der Waals surface area contributed by atoms with E-state index in [4.69, 9.17) is 0 Å². The number of likely N-dealkylation sites (N-methyl/N-ethyl adjacent to an activating group) is 1. The summed E-state index contributed by atoms with van der Waals surface area (Å²) < 4.78 is 0. The van der Waals surface area contributed by atoms with Gasteiger partial charge in [0.1, 0.15) is 5.82 Å². The second kappa shape index (κ2) is 8.18. The lowest BCUT2D eigenvalue weighted by molar-refractivity contribution is -0.118. The average molecular weight is 389 g/mol. The second-order valence-corrected chi connectivity index (χ2v) is 6.95. The summed E-state index contributed by atoms with van der Waals surface area (Å²) in [7, 11) is 1.59. The van der Waals surface area contributed by atoms with Crippen molar-refractivity contribution in [1.29, 1.82) is 0 Å². The molecule has 4 rings (SSSR count). The van der Waals surface area contributed by atoms with Gasteiger partial charge in [0.25, 0.3) is 0 Å². The number of anilines is 3. The number of hydrogen-bond acceptors (Lipinski definition) is 5. The van der Waals surface area contributed by atoms with E-state index in [0.717, 1.165) is 46.7 Å². The van der Waals surface area contributed by atoms with Crippen LogP contribution in [0.4, 0.5) is 17.2 Å². The number of aromatic nitrogens is 2. The molecule has 3 aromatic rings. The molecule has 1 aromatic carbocycles. The molecule has 0 saturated carbocycles. The molecule has 2 aromatic heterocycles. The molecule has 1 amide bonds. The van der Waals surface area contributed by atoms with Crippen LogP contribution in [0.5, 0.6) is 0 Å². The van der Waals surface area contributed by atoms with Crippen molar-refractivity contribution < 1.29 is 9.59 Å². The minimum absolute atomic E-state index is 0.121. The standard InChI is InChI=1S/C22H23N5O2/c1-23-19(29)13-25-18-12-14(10-11-24-18)21-22(26-15-6-3-2-4-7-15)20-16(27-21)8-5-9-17(20)28/h2-4,6-7,10-12,26-27H,5,8-9,13H2,1H3,(H,23,29)(H,24,25). The van der Waals surface area contributed by atoms with Crippen LogP contribution in [0.2, 0.25) is 0 Å². The first kappa shape index (κ1) is 18.7. The predicted molar refractivity (Wildman–Crippen MR) is 114 cm³/mol. The minimum atomic E-state index is -0.121. The smallest absolute Gasteiger partial charge is 0.239 e. The molecular formula is C22H23N5O2. The zero-order valence-electron chi connectivity index (χ0n) is 16.2. The molecule has 0 unspecified atom stereocenters. The summed E-state index contributed by atoms with van der Waals surface area (Å²) in [5.41, 5.74) is 5.15. The highest BCUT2D eigenvalue weighted by molar-refractivity contribution is 6.07. The zero-order chi connectivity index (χ0) is 20.2. The van der Waals surface area contributed by atoms with E-state index in [1.807, 2.05) is 42.5 Å². The summed E-state index contributed by atoms with van der Waals surface area (Å²) in [6, 6.07) is 13.6. The Bertz CT molecular complexity index is 1040. The van der Waals surface area contributed by atoms with Gasteiger partial charge in [0.15, 0.2) is 5.78 Å². The Morgan fingerprint density at radius 3 is 2.79 bits per heavy atom. The van der Waals surface area contributed by atoms with Crippen LogP contribution in [0, 0.1) is 0 Å². The molecule has 0 bridgehead atoms. The molecule has 0 fully saturated rings. The highest BCUT2D eigenvalue weighted by Gasteiger charge is 2.27. The number of benzene rings is 1. The Kier molecular flexibility index (Phi) is 5.29. The van der Waals surface area contributed by atoms with Gasteiger partial charge < -0.3 is 20.9 Å². The quantitative estimate of drug-likeness (QED) is 0.517. The molecule has 148 valence electrons. The summed E-state index contributed by atoms with van der Waals surface area (Å²) in [6.07, 6.45) is 3.95. The number of pyridine rings is 1. The molecule has 1 aliphatic rings. The number of para-hydroxylation sites is 1. The molecule has 0 saturated heterocycles. The Balaban J connectivity index is 1.73. The van der Waals surface area contributed by atoms with E-state index in [1.54, 1.807) is 13.2 Å². The number of aryl methyl sites for hydroxylation is 1. The van der Waals surface area contributed by atoms with Gasteiger partial charge >= 0.3 is 0 Å². The van der Waals surface area contributed by atoms with E-state index in [1.165, 1.54) is 0 Å². The number of aromatic amines is 1. The molecule has 7 nitrogen and oxygen atoms in total. The zero-order valence-corrected chi connectivity index (χ0v) is 16.2. The largest absolute Gasteiger partial charge is 0.361 e. The lowest BCUT2D eigenvalue weighted by Gasteiger charge is -2.14. The van der Waals surface area contributed by atoms with Crippen LogP contribution in [0.1, 0.15) is 28.9 Å². The van der Waals surface area contributed by atoms with Crippen molar-refractivity contribution in [1.82, 2.24) is 15.3 Å². The molecule has 29 heavy (non-hydrogen) atoms. The van der Waals surface area contributed by atoms with Crippen LogP contribution in [0.15, 0.2) is 48.7 Å². The van der Waals surface area contributed by atoms with Crippen molar-refractivity contribution in [3.05, 3.63) is 59.9 Å². The summed E-state index contributed by atoms with van der Waals surface area (Å²) in [5.74, 6) is 0.624. The first-order chi connectivity index (χ1) is 14.2. The third kappa shape index (κ3) is 3.99. The Morgan fingerprint density at radius 1 is 1.17 bits per heavy atom.